The average molecular weight is 364 g/mol. The number of aromatic nitrogens is 2. The topological polar surface area (TPSA) is 93.1 Å². The van der Waals surface area contributed by atoms with Crippen molar-refractivity contribution in [1.82, 2.24) is 15.1 Å². The minimum atomic E-state index is -0.443. The summed E-state index contributed by atoms with van der Waals surface area (Å²) in [7, 11) is 0. The lowest BCUT2D eigenvalue weighted by Gasteiger charge is -2.11. The van der Waals surface area contributed by atoms with Crippen LogP contribution in [0.3, 0.4) is 0 Å². The zero-order valence-electron chi connectivity index (χ0n) is 15.2. The number of nitrogens with zero attached hydrogens (tertiary/aromatic N) is 2. The van der Waals surface area contributed by atoms with Crippen LogP contribution in [0.15, 0.2) is 53.3 Å². The summed E-state index contributed by atoms with van der Waals surface area (Å²) in [4.78, 5) is 37.2. The molecule has 1 heterocycles. The van der Waals surface area contributed by atoms with Crippen LogP contribution in [0.5, 0.6) is 0 Å². The number of nitrogens with one attached hydrogen (secondary N) is 2. The molecular weight excluding hydrogens is 344 g/mol. The van der Waals surface area contributed by atoms with Gasteiger partial charge in [-0.05, 0) is 38.1 Å². The molecule has 0 saturated carbocycles. The molecule has 0 aliphatic heterocycles. The van der Waals surface area contributed by atoms with Crippen LogP contribution in [0.25, 0.3) is 10.8 Å². The Labute approximate surface area is 156 Å². The maximum atomic E-state index is 12.8. The van der Waals surface area contributed by atoms with E-state index in [0.29, 0.717) is 35.1 Å². The molecule has 0 aliphatic carbocycles. The minimum Gasteiger partial charge on any atom is -0.352 e. The van der Waals surface area contributed by atoms with Gasteiger partial charge in [0.05, 0.1) is 5.39 Å². The molecule has 0 spiro atoms. The first-order valence-electron chi connectivity index (χ1n) is 8.74. The summed E-state index contributed by atoms with van der Waals surface area (Å²) in [6.07, 6.45) is 0. The molecular formula is C20H20N4O3. The van der Waals surface area contributed by atoms with Gasteiger partial charge in [-0.25, -0.2) is 4.68 Å². The van der Waals surface area contributed by atoms with Crippen molar-refractivity contribution in [2.45, 2.75) is 20.4 Å². The summed E-state index contributed by atoms with van der Waals surface area (Å²) in [5, 5.41) is 10.6. The average Bonchev–Trinajstić information content (AvgIpc) is 2.69. The Morgan fingerprint density at radius 1 is 1.00 bits per heavy atom. The number of aryl methyl sites for hydroxylation is 1. The van der Waals surface area contributed by atoms with Crippen LogP contribution in [0.1, 0.15) is 34.7 Å². The van der Waals surface area contributed by atoms with Gasteiger partial charge in [-0.2, -0.15) is 5.10 Å². The third-order valence-electron chi connectivity index (χ3n) is 4.10. The molecule has 0 radical (unpaired) electrons. The first kappa shape index (κ1) is 18.3. The molecule has 0 atom stereocenters. The second-order valence-corrected chi connectivity index (χ2v) is 5.91. The van der Waals surface area contributed by atoms with E-state index >= 15 is 0 Å². The van der Waals surface area contributed by atoms with Crippen molar-refractivity contribution in [3.63, 3.8) is 0 Å². The zero-order valence-corrected chi connectivity index (χ0v) is 15.2. The van der Waals surface area contributed by atoms with Crippen LogP contribution in [0.2, 0.25) is 0 Å². The zero-order chi connectivity index (χ0) is 19.4. The van der Waals surface area contributed by atoms with Crippen molar-refractivity contribution >= 4 is 28.3 Å². The molecule has 0 bridgehead atoms. The predicted molar refractivity (Wildman–Crippen MR) is 104 cm³/mol. The number of carbonyl (C=O) groups excluding carboxylic acids is 2. The molecule has 0 fully saturated rings. The summed E-state index contributed by atoms with van der Waals surface area (Å²) in [6.45, 7) is 4.50. The van der Waals surface area contributed by atoms with Crippen LogP contribution in [0, 0.1) is 0 Å². The molecule has 7 heteroatoms. The highest BCUT2D eigenvalue weighted by molar-refractivity contribution is 6.11. The number of rotatable bonds is 5. The predicted octanol–water partition coefficient (Wildman–Crippen LogP) is 2.42. The molecule has 2 amide bonds. The molecule has 7 nitrogen and oxygen atoms in total. The summed E-state index contributed by atoms with van der Waals surface area (Å²) in [5.74, 6) is -0.654. The van der Waals surface area contributed by atoms with Gasteiger partial charge in [0, 0.05) is 29.7 Å². The van der Waals surface area contributed by atoms with Gasteiger partial charge in [0.25, 0.3) is 17.4 Å². The fourth-order valence-corrected chi connectivity index (χ4v) is 2.81. The Morgan fingerprint density at radius 2 is 1.74 bits per heavy atom. The van der Waals surface area contributed by atoms with Gasteiger partial charge in [0.15, 0.2) is 5.69 Å². The van der Waals surface area contributed by atoms with Crippen LogP contribution >= 0.6 is 0 Å². The molecule has 3 aromatic rings. The van der Waals surface area contributed by atoms with E-state index in [-0.39, 0.29) is 17.2 Å². The molecule has 0 aliphatic rings. The molecule has 138 valence electrons. The van der Waals surface area contributed by atoms with Gasteiger partial charge in [0.1, 0.15) is 0 Å². The van der Waals surface area contributed by atoms with Gasteiger partial charge in [0.2, 0.25) is 0 Å². The van der Waals surface area contributed by atoms with E-state index < -0.39 is 5.91 Å². The van der Waals surface area contributed by atoms with Crippen LogP contribution < -0.4 is 16.2 Å². The smallest absolute Gasteiger partial charge is 0.276 e. The van der Waals surface area contributed by atoms with Gasteiger partial charge in [-0.15, -0.1) is 0 Å². The van der Waals surface area contributed by atoms with E-state index in [2.05, 4.69) is 15.7 Å². The molecule has 1 aromatic heterocycles. The largest absolute Gasteiger partial charge is 0.352 e. The molecule has 2 N–H and O–H groups in total. The Kier molecular flexibility index (Phi) is 5.30. The van der Waals surface area contributed by atoms with Crippen molar-refractivity contribution in [2.24, 2.45) is 0 Å². The lowest BCUT2D eigenvalue weighted by Crippen LogP contribution is -2.27. The maximum Gasteiger partial charge on any atom is 0.276 e. The lowest BCUT2D eigenvalue weighted by atomic mass is 10.1. The molecule has 0 unspecified atom stereocenters. The van der Waals surface area contributed by atoms with E-state index in [1.165, 1.54) is 4.68 Å². The first-order valence-corrected chi connectivity index (χ1v) is 8.74. The van der Waals surface area contributed by atoms with Crippen molar-refractivity contribution in [1.29, 1.82) is 0 Å². The van der Waals surface area contributed by atoms with Gasteiger partial charge < -0.3 is 10.6 Å². The van der Waals surface area contributed by atoms with Crippen molar-refractivity contribution in [2.75, 3.05) is 11.9 Å². The molecule has 2 aromatic carbocycles. The normalized spacial score (nSPS) is 10.6. The third-order valence-corrected chi connectivity index (χ3v) is 4.10. The highest BCUT2D eigenvalue weighted by Gasteiger charge is 2.17. The summed E-state index contributed by atoms with van der Waals surface area (Å²) in [5.41, 5.74) is 0.855. The standard InChI is InChI=1S/C20H20N4O3/c1-3-21-18(25)13-8-7-9-14(12-13)22-19(26)17-15-10-5-6-11-16(15)20(27)24(4-2)23-17/h5-12H,3-4H2,1-2H3,(H,21,25)(H,22,26). The Bertz CT molecular complexity index is 1070. The number of carbonyl (C=O) groups is 2. The van der Waals surface area contributed by atoms with Crippen LogP contribution in [-0.2, 0) is 6.54 Å². The Balaban J connectivity index is 1.98. The summed E-state index contributed by atoms with van der Waals surface area (Å²) in [6, 6.07) is 13.5. The van der Waals surface area contributed by atoms with Gasteiger partial charge in [-0.1, -0.05) is 24.3 Å². The quantitative estimate of drug-likeness (QED) is 0.727. The first-order chi connectivity index (χ1) is 13.0. The van der Waals surface area contributed by atoms with Gasteiger partial charge in [-0.3, -0.25) is 14.4 Å². The van der Waals surface area contributed by atoms with Crippen LogP contribution in [-0.4, -0.2) is 28.1 Å². The van der Waals surface area contributed by atoms with E-state index in [4.69, 9.17) is 0 Å². The van der Waals surface area contributed by atoms with Gasteiger partial charge >= 0.3 is 0 Å². The number of amides is 2. The van der Waals surface area contributed by atoms with Crippen LogP contribution in [0.4, 0.5) is 5.69 Å². The SMILES string of the molecule is CCNC(=O)c1cccc(NC(=O)c2nn(CC)c(=O)c3ccccc23)c1. The monoisotopic (exact) mass is 364 g/mol. The maximum absolute atomic E-state index is 12.8. The van der Waals surface area contributed by atoms with E-state index in [0.717, 1.165) is 0 Å². The second-order valence-electron chi connectivity index (χ2n) is 5.91. The highest BCUT2D eigenvalue weighted by atomic mass is 16.2. The van der Waals surface area contributed by atoms with Crippen molar-refractivity contribution < 1.29 is 9.59 Å². The number of hydrogen-bond donors (Lipinski definition) is 2. The minimum absolute atomic E-state index is 0.162. The molecule has 27 heavy (non-hydrogen) atoms. The second kappa shape index (κ2) is 7.82. The highest BCUT2D eigenvalue weighted by Crippen LogP contribution is 2.16. The fraction of sp³-hybridized carbons (Fsp3) is 0.200. The number of hydrogen-bond acceptors (Lipinski definition) is 4. The summed E-state index contributed by atoms with van der Waals surface area (Å²) < 4.78 is 1.27. The molecule has 0 saturated heterocycles. The van der Waals surface area contributed by atoms with E-state index in [1.807, 2.05) is 6.92 Å². The number of fused-ring (bicyclic) bond motifs is 1. The fourth-order valence-electron chi connectivity index (χ4n) is 2.81. The van der Waals surface area contributed by atoms with E-state index in [9.17, 15) is 14.4 Å². The Hall–Kier alpha value is -3.48. The molecule has 3 rings (SSSR count). The third kappa shape index (κ3) is 3.72. The lowest BCUT2D eigenvalue weighted by molar-refractivity contribution is 0.0954. The Morgan fingerprint density at radius 3 is 2.44 bits per heavy atom. The number of anilines is 1. The van der Waals surface area contributed by atoms with Crippen molar-refractivity contribution in [3.05, 3.63) is 70.1 Å². The summed E-state index contributed by atoms with van der Waals surface area (Å²) >= 11 is 0. The van der Waals surface area contributed by atoms with Crippen molar-refractivity contribution in [3.8, 4) is 0 Å². The number of benzene rings is 2. The van der Waals surface area contributed by atoms with E-state index in [1.54, 1.807) is 55.5 Å².